The fraction of sp³-hybridized carbons (Fsp3) is 0.250. The number of rotatable bonds is 6. The molecule has 1 N–H and O–H groups in total. The lowest BCUT2D eigenvalue weighted by Gasteiger charge is -2.24. The summed E-state index contributed by atoms with van der Waals surface area (Å²) in [6, 6.07) is 15.0. The second kappa shape index (κ2) is 8.44. The molecule has 29 heavy (non-hydrogen) atoms. The number of nitrogens with zero attached hydrogens (tertiary/aromatic N) is 3. The molecule has 0 aliphatic carbocycles. The van der Waals surface area contributed by atoms with E-state index in [0.29, 0.717) is 10.9 Å². The van der Waals surface area contributed by atoms with Crippen molar-refractivity contribution in [2.45, 2.75) is 19.4 Å². The van der Waals surface area contributed by atoms with Crippen LogP contribution in [0.4, 0.5) is 13.2 Å². The smallest absolute Gasteiger partial charge is 0.354 e. The van der Waals surface area contributed by atoms with Crippen LogP contribution in [0, 0.1) is 0 Å². The molecule has 0 saturated carbocycles. The highest BCUT2D eigenvalue weighted by molar-refractivity contribution is 6.04. The molecule has 9 heteroatoms. The van der Waals surface area contributed by atoms with E-state index in [0.717, 1.165) is 9.58 Å². The Morgan fingerprint density at radius 1 is 1.07 bits per heavy atom. The van der Waals surface area contributed by atoms with E-state index in [4.69, 9.17) is 0 Å². The van der Waals surface area contributed by atoms with Gasteiger partial charge in [-0.2, -0.15) is 18.3 Å². The van der Waals surface area contributed by atoms with Crippen molar-refractivity contribution >= 4 is 16.7 Å². The Morgan fingerprint density at radius 3 is 2.31 bits per heavy atom. The number of amides is 1. The number of carbonyl (C=O) groups is 1. The van der Waals surface area contributed by atoms with Gasteiger partial charge in [0.1, 0.15) is 0 Å². The third kappa shape index (κ3) is 5.00. The van der Waals surface area contributed by atoms with Gasteiger partial charge in [-0.15, -0.1) is 0 Å². The number of aromatic nitrogens is 2. The predicted molar refractivity (Wildman–Crippen MR) is 102 cm³/mol. The summed E-state index contributed by atoms with van der Waals surface area (Å²) in [4.78, 5) is 26.1. The SMILES string of the molecule is CNC(=O)c1nn(CN(Cc2ccccc2)CC(F)(F)F)c(=O)c2ccccc12. The molecule has 0 fully saturated rings. The van der Waals surface area contributed by atoms with E-state index in [1.54, 1.807) is 48.5 Å². The van der Waals surface area contributed by atoms with Gasteiger partial charge < -0.3 is 5.32 Å². The molecule has 0 radical (unpaired) electrons. The summed E-state index contributed by atoms with van der Waals surface area (Å²) in [6.07, 6.45) is -4.46. The average molecular weight is 404 g/mol. The summed E-state index contributed by atoms with van der Waals surface area (Å²) >= 11 is 0. The van der Waals surface area contributed by atoms with Gasteiger partial charge in [0.05, 0.1) is 18.6 Å². The minimum atomic E-state index is -4.46. The van der Waals surface area contributed by atoms with E-state index in [9.17, 15) is 22.8 Å². The molecule has 0 unspecified atom stereocenters. The molecule has 3 rings (SSSR count). The third-order valence-electron chi connectivity index (χ3n) is 4.30. The molecule has 0 aliphatic heterocycles. The summed E-state index contributed by atoms with van der Waals surface area (Å²) in [5, 5.41) is 7.07. The lowest BCUT2D eigenvalue weighted by molar-refractivity contribution is -0.151. The van der Waals surface area contributed by atoms with Crippen LogP contribution in [0.5, 0.6) is 0 Å². The average Bonchev–Trinajstić information content (AvgIpc) is 2.69. The van der Waals surface area contributed by atoms with Crippen LogP contribution in [0.15, 0.2) is 59.4 Å². The lowest BCUT2D eigenvalue weighted by atomic mass is 10.1. The summed E-state index contributed by atoms with van der Waals surface area (Å²) in [5.41, 5.74) is 0.0833. The standard InChI is InChI=1S/C20H19F3N4O2/c1-24-18(28)17-15-9-5-6-10-16(15)19(29)27(25-17)13-26(12-20(21,22)23)11-14-7-3-2-4-8-14/h2-10H,11-13H2,1H3,(H,24,28). The molecule has 3 aromatic rings. The number of halogens is 3. The van der Waals surface area contributed by atoms with Gasteiger partial charge in [-0.25, -0.2) is 4.68 Å². The molecular formula is C20H19F3N4O2. The minimum absolute atomic E-state index is 0.0191. The number of hydrogen-bond acceptors (Lipinski definition) is 4. The van der Waals surface area contributed by atoms with E-state index in [1.807, 2.05) is 0 Å². The van der Waals surface area contributed by atoms with Gasteiger partial charge in [0.2, 0.25) is 0 Å². The van der Waals surface area contributed by atoms with Crippen molar-refractivity contribution < 1.29 is 18.0 Å². The third-order valence-corrected chi connectivity index (χ3v) is 4.30. The summed E-state index contributed by atoms with van der Waals surface area (Å²) < 4.78 is 40.2. The zero-order valence-corrected chi connectivity index (χ0v) is 15.6. The van der Waals surface area contributed by atoms with Crippen LogP contribution >= 0.6 is 0 Å². The number of alkyl halides is 3. The summed E-state index contributed by atoms with van der Waals surface area (Å²) in [7, 11) is 1.42. The number of fused-ring (bicyclic) bond motifs is 1. The van der Waals surface area contributed by atoms with Crippen molar-refractivity contribution in [1.82, 2.24) is 20.0 Å². The molecule has 1 aromatic heterocycles. The zero-order chi connectivity index (χ0) is 21.0. The first-order valence-electron chi connectivity index (χ1n) is 8.83. The van der Waals surface area contributed by atoms with Crippen molar-refractivity contribution in [2.75, 3.05) is 13.6 Å². The molecule has 0 atom stereocenters. The number of carbonyl (C=O) groups excluding carboxylic acids is 1. The monoisotopic (exact) mass is 404 g/mol. The first kappa shape index (κ1) is 20.5. The van der Waals surface area contributed by atoms with Crippen LogP contribution < -0.4 is 10.9 Å². The van der Waals surface area contributed by atoms with Crippen LogP contribution in [-0.2, 0) is 13.2 Å². The van der Waals surface area contributed by atoms with E-state index >= 15 is 0 Å². The van der Waals surface area contributed by atoms with Gasteiger partial charge >= 0.3 is 6.18 Å². The minimum Gasteiger partial charge on any atom is -0.354 e. The van der Waals surface area contributed by atoms with Crippen molar-refractivity contribution in [3.8, 4) is 0 Å². The highest BCUT2D eigenvalue weighted by Crippen LogP contribution is 2.19. The van der Waals surface area contributed by atoms with Crippen LogP contribution in [0.1, 0.15) is 16.1 Å². The van der Waals surface area contributed by atoms with Gasteiger partial charge in [-0.1, -0.05) is 48.5 Å². The second-order valence-corrected chi connectivity index (χ2v) is 6.51. The maximum atomic E-state index is 13.1. The zero-order valence-electron chi connectivity index (χ0n) is 15.6. The first-order chi connectivity index (χ1) is 13.8. The Morgan fingerprint density at radius 2 is 1.69 bits per heavy atom. The normalized spacial score (nSPS) is 11.8. The maximum Gasteiger partial charge on any atom is 0.401 e. The fourth-order valence-electron chi connectivity index (χ4n) is 3.06. The molecule has 152 valence electrons. The van der Waals surface area contributed by atoms with Gasteiger partial charge in [-0.3, -0.25) is 14.5 Å². The molecule has 0 aliphatic rings. The first-order valence-corrected chi connectivity index (χ1v) is 8.83. The fourth-order valence-corrected chi connectivity index (χ4v) is 3.06. The van der Waals surface area contributed by atoms with E-state index in [2.05, 4.69) is 10.4 Å². The van der Waals surface area contributed by atoms with Crippen molar-refractivity contribution in [3.63, 3.8) is 0 Å². The van der Waals surface area contributed by atoms with Gasteiger partial charge in [-0.05, 0) is 11.6 Å². The molecule has 0 saturated heterocycles. The molecule has 2 aromatic carbocycles. The van der Waals surface area contributed by atoms with Crippen molar-refractivity contribution in [1.29, 1.82) is 0 Å². The molecule has 6 nitrogen and oxygen atoms in total. The quantitative estimate of drug-likeness (QED) is 0.686. The van der Waals surface area contributed by atoms with E-state index in [-0.39, 0.29) is 17.6 Å². The maximum absolute atomic E-state index is 13.1. The molecule has 1 heterocycles. The Hall–Kier alpha value is -3.20. The molecular weight excluding hydrogens is 385 g/mol. The van der Waals surface area contributed by atoms with Crippen LogP contribution in [0.2, 0.25) is 0 Å². The van der Waals surface area contributed by atoms with Crippen LogP contribution in [0.25, 0.3) is 10.8 Å². The van der Waals surface area contributed by atoms with Crippen LogP contribution in [-0.4, -0.2) is 40.4 Å². The summed E-state index contributed by atoms with van der Waals surface area (Å²) in [5.74, 6) is -0.527. The second-order valence-electron chi connectivity index (χ2n) is 6.51. The van der Waals surface area contributed by atoms with Gasteiger partial charge in [0.15, 0.2) is 5.69 Å². The van der Waals surface area contributed by atoms with E-state index in [1.165, 1.54) is 13.1 Å². The Balaban J connectivity index is 2.03. The lowest BCUT2D eigenvalue weighted by Crippen LogP contribution is -2.40. The highest BCUT2D eigenvalue weighted by Gasteiger charge is 2.31. The molecule has 0 spiro atoms. The molecule has 1 amide bonds. The van der Waals surface area contributed by atoms with Gasteiger partial charge in [0, 0.05) is 19.0 Å². The Kier molecular flexibility index (Phi) is 5.97. The molecule has 0 bridgehead atoms. The predicted octanol–water partition coefficient (Wildman–Crippen LogP) is 2.78. The summed E-state index contributed by atoms with van der Waals surface area (Å²) in [6.45, 7) is -1.67. The Labute approximate surface area is 164 Å². The number of benzene rings is 2. The topological polar surface area (TPSA) is 67.2 Å². The van der Waals surface area contributed by atoms with E-state index < -0.39 is 30.9 Å². The van der Waals surface area contributed by atoms with Crippen LogP contribution in [0.3, 0.4) is 0 Å². The van der Waals surface area contributed by atoms with Crippen molar-refractivity contribution in [3.05, 3.63) is 76.2 Å². The largest absolute Gasteiger partial charge is 0.401 e. The number of hydrogen-bond donors (Lipinski definition) is 1. The number of nitrogens with one attached hydrogen (secondary N) is 1. The highest BCUT2D eigenvalue weighted by atomic mass is 19.4. The Bertz CT molecular complexity index is 1060. The van der Waals surface area contributed by atoms with Gasteiger partial charge in [0.25, 0.3) is 11.5 Å². The van der Waals surface area contributed by atoms with Crippen molar-refractivity contribution in [2.24, 2.45) is 0 Å².